The Labute approximate surface area is 179 Å². The number of amides is 2. The maximum atomic E-state index is 13.0. The molecule has 2 amide bonds. The largest absolute Gasteiger partial charge is 0.340 e. The van der Waals surface area contributed by atoms with Gasteiger partial charge in [-0.2, -0.15) is 11.8 Å². The average molecular weight is 431 g/mol. The van der Waals surface area contributed by atoms with Crippen LogP contribution in [0, 0.1) is 0 Å². The van der Waals surface area contributed by atoms with Gasteiger partial charge in [0.1, 0.15) is 6.04 Å². The van der Waals surface area contributed by atoms with Crippen molar-refractivity contribution >= 4 is 52.2 Å². The summed E-state index contributed by atoms with van der Waals surface area (Å²) in [5.74, 6) is 0.524. The van der Waals surface area contributed by atoms with Gasteiger partial charge in [-0.25, -0.2) is 4.98 Å². The second-order valence-corrected chi connectivity index (χ2v) is 7.84. The molecule has 2 aromatic carbocycles. The molecular weight excluding hydrogens is 408 g/mol. The molecule has 0 bridgehead atoms. The van der Waals surface area contributed by atoms with Gasteiger partial charge in [0, 0.05) is 6.54 Å². The van der Waals surface area contributed by atoms with Crippen LogP contribution in [0.4, 0.5) is 5.95 Å². The molecule has 0 aliphatic rings. The van der Waals surface area contributed by atoms with Gasteiger partial charge in [-0.05, 0) is 49.6 Å². The molecule has 1 heterocycles. The number of fused-ring (bicyclic) bond motifs is 1. The zero-order chi connectivity index (χ0) is 20.8. The number of halogens is 1. The molecule has 3 aromatic rings. The van der Waals surface area contributed by atoms with Crippen LogP contribution in [0.5, 0.6) is 0 Å². The highest BCUT2D eigenvalue weighted by molar-refractivity contribution is 7.98. The summed E-state index contributed by atoms with van der Waals surface area (Å²) in [7, 11) is 0. The maximum Gasteiger partial charge on any atom is 0.253 e. The van der Waals surface area contributed by atoms with Crippen LogP contribution >= 0.6 is 23.4 Å². The number of thioether (sulfide) groups is 1. The number of nitrogens with one attached hydrogen (secondary N) is 2. The monoisotopic (exact) mass is 430 g/mol. The highest BCUT2D eigenvalue weighted by Crippen LogP contribution is 2.20. The number of anilines is 1. The van der Waals surface area contributed by atoms with E-state index in [-0.39, 0.29) is 11.8 Å². The Balaban J connectivity index is 1.81. The molecular formula is C21H23ClN4O2S. The van der Waals surface area contributed by atoms with E-state index in [1.807, 2.05) is 42.0 Å². The minimum absolute atomic E-state index is 0.301. The normalized spacial score (nSPS) is 12.0. The summed E-state index contributed by atoms with van der Waals surface area (Å²) in [6.45, 7) is 2.66. The molecule has 152 valence electrons. The standard InChI is InChI=1S/C21H23ClN4O2S/c1-3-26-18-11-7-6-10-16(18)24-21(26)25-20(28)17(12-13-29-2)23-19(27)14-8-4-5-9-15(14)22/h4-11,17H,3,12-13H2,1-2H3,(H,23,27)(H,24,25,28). The highest BCUT2D eigenvalue weighted by atomic mass is 35.5. The lowest BCUT2D eigenvalue weighted by Crippen LogP contribution is -2.44. The number of benzene rings is 2. The number of aromatic nitrogens is 2. The first-order valence-electron chi connectivity index (χ1n) is 9.35. The number of carbonyl (C=O) groups is 2. The van der Waals surface area contributed by atoms with Crippen molar-refractivity contribution in [2.24, 2.45) is 0 Å². The van der Waals surface area contributed by atoms with Gasteiger partial charge in [0.2, 0.25) is 11.9 Å². The Bertz CT molecular complexity index is 1020. The molecule has 29 heavy (non-hydrogen) atoms. The fraction of sp³-hybridized carbons (Fsp3) is 0.286. The van der Waals surface area contributed by atoms with Crippen LogP contribution in [0.2, 0.25) is 5.02 Å². The first kappa shape index (κ1) is 21.2. The SMILES string of the molecule is CCn1c(NC(=O)C(CCSC)NC(=O)c2ccccc2Cl)nc2ccccc21. The van der Waals surface area contributed by atoms with E-state index >= 15 is 0 Å². The third-order valence-corrected chi connectivity index (χ3v) is 5.53. The van der Waals surface area contributed by atoms with Crippen LogP contribution in [-0.4, -0.2) is 39.4 Å². The zero-order valence-electron chi connectivity index (χ0n) is 16.3. The van der Waals surface area contributed by atoms with Crippen LogP contribution in [-0.2, 0) is 11.3 Å². The molecule has 0 saturated heterocycles. The Morgan fingerprint density at radius 3 is 2.62 bits per heavy atom. The van der Waals surface area contributed by atoms with Crippen molar-refractivity contribution in [3.8, 4) is 0 Å². The number of hydrogen-bond acceptors (Lipinski definition) is 4. The van der Waals surface area contributed by atoms with Gasteiger partial charge in [-0.15, -0.1) is 0 Å². The van der Waals surface area contributed by atoms with Crippen molar-refractivity contribution in [3.63, 3.8) is 0 Å². The Morgan fingerprint density at radius 1 is 1.17 bits per heavy atom. The van der Waals surface area contributed by atoms with E-state index in [2.05, 4.69) is 15.6 Å². The van der Waals surface area contributed by atoms with E-state index < -0.39 is 6.04 Å². The fourth-order valence-corrected chi connectivity index (χ4v) is 3.77. The van der Waals surface area contributed by atoms with Crippen molar-refractivity contribution < 1.29 is 9.59 Å². The van der Waals surface area contributed by atoms with Gasteiger partial charge < -0.3 is 9.88 Å². The minimum atomic E-state index is -0.698. The van der Waals surface area contributed by atoms with Crippen LogP contribution in [0.1, 0.15) is 23.7 Å². The molecule has 0 aliphatic carbocycles. The fourth-order valence-electron chi connectivity index (χ4n) is 3.07. The van der Waals surface area contributed by atoms with Gasteiger partial charge in [0.05, 0.1) is 21.6 Å². The summed E-state index contributed by atoms with van der Waals surface area (Å²) >= 11 is 7.74. The summed E-state index contributed by atoms with van der Waals surface area (Å²) < 4.78 is 1.94. The predicted octanol–water partition coefficient (Wildman–Crippen LogP) is 4.20. The molecule has 2 N–H and O–H groups in total. The third-order valence-electron chi connectivity index (χ3n) is 4.56. The van der Waals surface area contributed by atoms with Gasteiger partial charge >= 0.3 is 0 Å². The van der Waals surface area contributed by atoms with Crippen LogP contribution < -0.4 is 10.6 Å². The average Bonchev–Trinajstić information content (AvgIpc) is 3.08. The number of imidazole rings is 1. The van der Waals surface area contributed by atoms with Crippen molar-refractivity contribution in [2.45, 2.75) is 25.9 Å². The van der Waals surface area contributed by atoms with E-state index in [4.69, 9.17) is 11.6 Å². The molecule has 1 aromatic heterocycles. The molecule has 0 spiro atoms. The number of rotatable bonds is 8. The van der Waals surface area contributed by atoms with Crippen LogP contribution in [0.3, 0.4) is 0 Å². The smallest absolute Gasteiger partial charge is 0.253 e. The molecule has 8 heteroatoms. The number of carbonyl (C=O) groups excluding carboxylic acids is 2. The molecule has 0 aliphatic heterocycles. The molecule has 0 radical (unpaired) electrons. The van der Waals surface area contributed by atoms with E-state index in [9.17, 15) is 9.59 Å². The quantitative estimate of drug-likeness (QED) is 0.561. The Kier molecular flexibility index (Phi) is 7.17. The van der Waals surface area contributed by atoms with Crippen molar-refractivity contribution in [2.75, 3.05) is 17.3 Å². The van der Waals surface area contributed by atoms with Gasteiger partial charge in [-0.1, -0.05) is 35.9 Å². The van der Waals surface area contributed by atoms with Crippen molar-refractivity contribution in [1.82, 2.24) is 14.9 Å². The second kappa shape index (κ2) is 9.80. The number of para-hydroxylation sites is 2. The van der Waals surface area contributed by atoms with E-state index in [1.165, 1.54) is 0 Å². The lowest BCUT2D eigenvalue weighted by atomic mass is 10.1. The lowest BCUT2D eigenvalue weighted by Gasteiger charge is -2.18. The van der Waals surface area contributed by atoms with Crippen LogP contribution in [0.15, 0.2) is 48.5 Å². The summed E-state index contributed by atoms with van der Waals surface area (Å²) in [6.07, 6.45) is 2.46. The summed E-state index contributed by atoms with van der Waals surface area (Å²) in [5.41, 5.74) is 2.10. The highest BCUT2D eigenvalue weighted by Gasteiger charge is 2.24. The maximum absolute atomic E-state index is 13.0. The van der Waals surface area contributed by atoms with Gasteiger partial charge in [0.25, 0.3) is 5.91 Å². The number of aryl methyl sites for hydroxylation is 1. The van der Waals surface area contributed by atoms with Gasteiger partial charge in [-0.3, -0.25) is 14.9 Å². The van der Waals surface area contributed by atoms with E-state index in [0.717, 1.165) is 16.8 Å². The molecule has 1 unspecified atom stereocenters. The molecule has 0 fully saturated rings. The van der Waals surface area contributed by atoms with Crippen molar-refractivity contribution in [1.29, 1.82) is 0 Å². The minimum Gasteiger partial charge on any atom is -0.340 e. The van der Waals surface area contributed by atoms with Gasteiger partial charge in [0.15, 0.2) is 0 Å². The molecule has 1 atom stereocenters. The summed E-state index contributed by atoms with van der Waals surface area (Å²) in [6, 6.07) is 13.8. The van der Waals surface area contributed by atoms with E-state index in [0.29, 0.717) is 29.5 Å². The Hall–Kier alpha value is -2.51. The topological polar surface area (TPSA) is 76.0 Å². The number of hydrogen-bond donors (Lipinski definition) is 2. The Morgan fingerprint density at radius 2 is 1.90 bits per heavy atom. The lowest BCUT2D eigenvalue weighted by molar-refractivity contribution is -0.118. The molecule has 6 nitrogen and oxygen atoms in total. The zero-order valence-corrected chi connectivity index (χ0v) is 17.9. The first-order valence-corrected chi connectivity index (χ1v) is 11.1. The summed E-state index contributed by atoms with van der Waals surface area (Å²) in [5, 5.41) is 6.05. The molecule has 0 saturated carbocycles. The summed E-state index contributed by atoms with van der Waals surface area (Å²) in [4.78, 5) is 30.2. The van der Waals surface area contributed by atoms with Crippen molar-refractivity contribution in [3.05, 3.63) is 59.1 Å². The third kappa shape index (κ3) is 4.92. The molecule has 3 rings (SSSR count). The second-order valence-electron chi connectivity index (χ2n) is 6.45. The first-order chi connectivity index (χ1) is 14.0. The number of nitrogens with zero attached hydrogens (tertiary/aromatic N) is 2. The van der Waals surface area contributed by atoms with Crippen LogP contribution in [0.25, 0.3) is 11.0 Å². The predicted molar refractivity (Wildman–Crippen MR) is 120 cm³/mol. The van der Waals surface area contributed by atoms with E-state index in [1.54, 1.807) is 36.0 Å².